The van der Waals surface area contributed by atoms with Crippen LogP contribution >= 0.6 is 0 Å². The van der Waals surface area contributed by atoms with Crippen molar-refractivity contribution in [3.05, 3.63) is 18.5 Å². The smallest absolute Gasteiger partial charge is 0.222 e. The third-order valence-corrected chi connectivity index (χ3v) is 2.14. The van der Waals surface area contributed by atoms with Gasteiger partial charge in [-0.2, -0.15) is 0 Å². The predicted molar refractivity (Wildman–Crippen MR) is 49.4 cm³/mol. The van der Waals surface area contributed by atoms with Gasteiger partial charge in [0, 0.05) is 31.5 Å². The van der Waals surface area contributed by atoms with Gasteiger partial charge >= 0.3 is 0 Å². The minimum atomic E-state index is 0.615. The average Bonchev–Trinajstić information content (AvgIpc) is 2.69. The first-order chi connectivity index (χ1) is 6.45. The second-order valence-corrected chi connectivity index (χ2v) is 3.18. The summed E-state index contributed by atoms with van der Waals surface area (Å²) in [5.74, 6) is 1.32. The van der Waals surface area contributed by atoms with Gasteiger partial charge in [0.15, 0.2) is 0 Å². The van der Waals surface area contributed by atoms with E-state index in [4.69, 9.17) is 4.74 Å². The molecule has 0 aromatic carbocycles. The molecule has 0 bridgehead atoms. The van der Waals surface area contributed by atoms with Crippen LogP contribution in [0.3, 0.4) is 0 Å². The van der Waals surface area contributed by atoms with Crippen LogP contribution in [-0.4, -0.2) is 29.7 Å². The highest BCUT2D eigenvalue weighted by Crippen LogP contribution is 2.12. The van der Waals surface area contributed by atoms with Crippen LogP contribution in [0.2, 0.25) is 0 Å². The normalized spacial score (nSPS) is 21.7. The summed E-state index contributed by atoms with van der Waals surface area (Å²) in [4.78, 5) is 8.15. The highest BCUT2D eigenvalue weighted by Gasteiger charge is 2.15. The molecule has 1 aromatic heterocycles. The van der Waals surface area contributed by atoms with Crippen molar-refractivity contribution in [2.45, 2.75) is 6.42 Å². The molecule has 2 rings (SSSR count). The molecular weight excluding hydrogens is 166 g/mol. The van der Waals surface area contributed by atoms with Crippen molar-refractivity contribution < 1.29 is 4.74 Å². The Balaban J connectivity index is 1.79. The molecule has 1 aliphatic heterocycles. The minimum Gasteiger partial charge on any atom is -0.381 e. The number of anilines is 1. The van der Waals surface area contributed by atoms with Crippen molar-refractivity contribution in [1.82, 2.24) is 9.97 Å². The maximum Gasteiger partial charge on any atom is 0.222 e. The van der Waals surface area contributed by atoms with Crippen LogP contribution in [0.25, 0.3) is 0 Å². The number of aromatic nitrogens is 2. The SMILES string of the molecule is c1cnc(NCC2CCOC2)nc1. The van der Waals surface area contributed by atoms with Gasteiger partial charge in [-0.25, -0.2) is 9.97 Å². The molecule has 0 radical (unpaired) electrons. The van der Waals surface area contributed by atoms with Gasteiger partial charge in [0.1, 0.15) is 0 Å². The van der Waals surface area contributed by atoms with Crippen molar-refractivity contribution in [3.63, 3.8) is 0 Å². The maximum atomic E-state index is 5.26. The number of hydrogen-bond acceptors (Lipinski definition) is 4. The third-order valence-electron chi connectivity index (χ3n) is 2.14. The van der Waals surface area contributed by atoms with E-state index in [0.717, 1.165) is 26.2 Å². The Morgan fingerprint density at radius 3 is 3.00 bits per heavy atom. The van der Waals surface area contributed by atoms with Gasteiger partial charge in [-0.3, -0.25) is 0 Å². The number of ether oxygens (including phenoxy) is 1. The number of hydrogen-bond donors (Lipinski definition) is 1. The first-order valence-electron chi connectivity index (χ1n) is 4.54. The van der Waals surface area contributed by atoms with E-state index in [1.165, 1.54) is 0 Å². The Bertz CT molecular complexity index is 246. The van der Waals surface area contributed by atoms with Crippen LogP contribution in [0.5, 0.6) is 0 Å². The van der Waals surface area contributed by atoms with Gasteiger partial charge in [0.2, 0.25) is 5.95 Å². The van der Waals surface area contributed by atoms with E-state index in [2.05, 4.69) is 15.3 Å². The largest absolute Gasteiger partial charge is 0.381 e. The van der Waals surface area contributed by atoms with Gasteiger partial charge in [-0.1, -0.05) is 0 Å². The van der Waals surface area contributed by atoms with Crippen molar-refractivity contribution in [3.8, 4) is 0 Å². The van der Waals surface area contributed by atoms with Crippen molar-refractivity contribution in [1.29, 1.82) is 0 Å². The van der Waals surface area contributed by atoms with E-state index in [0.29, 0.717) is 11.9 Å². The Morgan fingerprint density at radius 2 is 2.31 bits per heavy atom. The number of rotatable bonds is 3. The summed E-state index contributed by atoms with van der Waals surface area (Å²) < 4.78 is 5.26. The fourth-order valence-electron chi connectivity index (χ4n) is 1.37. The summed E-state index contributed by atoms with van der Waals surface area (Å²) in [5, 5.41) is 3.18. The van der Waals surface area contributed by atoms with Gasteiger partial charge in [-0.15, -0.1) is 0 Å². The Kier molecular flexibility index (Phi) is 2.72. The van der Waals surface area contributed by atoms with E-state index in [1.807, 2.05) is 6.07 Å². The summed E-state index contributed by atoms with van der Waals surface area (Å²) in [6, 6.07) is 1.81. The topological polar surface area (TPSA) is 47.0 Å². The molecule has 4 heteroatoms. The first kappa shape index (κ1) is 8.44. The molecule has 0 aliphatic carbocycles. The van der Waals surface area contributed by atoms with Gasteiger partial charge in [0.25, 0.3) is 0 Å². The summed E-state index contributed by atoms with van der Waals surface area (Å²) in [7, 11) is 0. The molecule has 1 saturated heterocycles. The maximum absolute atomic E-state index is 5.26. The molecule has 1 fully saturated rings. The van der Waals surface area contributed by atoms with Crippen molar-refractivity contribution in [2.24, 2.45) is 5.92 Å². The fraction of sp³-hybridized carbons (Fsp3) is 0.556. The third kappa shape index (κ3) is 2.39. The molecule has 1 aliphatic rings. The lowest BCUT2D eigenvalue weighted by atomic mass is 10.1. The molecule has 70 valence electrons. The van der Waals surface area contributed by atoms with E-state index in [-0.39, 0.29) is 0 Å². The lowest BCUT2D eigenvalue weighted by Gasteiger charge is -2.08. The Hall–Kier alpha value is -1.16. The zero-order valence-electron chi connectivity index (χ0n) is 7.44. The van der Waals surface area contributed by atoms with Crippen LogP contribution in [0.15, 0.2) is 18.5 Å². The first-order valence-corrected chi connectivity index (χ1v) is 4.54. The molecule has 1 unspecified atom stereocenters. The lowest BCUT2D eigenvalue weighted by Crippen LogP contribution is -2.15. The quantitative estimate of drug-likeness (QED) is 0.749. The zero-order valence-corrected chi connectivity index (χ0v) is 7.44. The van der Waals surface area contributed by atoms with Crippen molar-refractivity contribution >= 4 is 5.95 Å². The number of nitrogens with zero attached hydrogens (tertiary/aromatic N) is 2. The van der Waals surface area contributed by atoms with Crippen LogP contribution < -0.4 is 5.32 Å². The average molecular weight is 179 g/mol. The molecule has 0 amide bonds. The van der Waals surface area contributed by atoms with E-state index in [1.54, 1.807) is 12.4 Å². The van der Waals surface area contributed by atoms with Gasteiger partial charge in [0.05, 0.1) is 6.61 Å². The highest BCUT2D eigenvalue weighted by molar-refractivity contribution is 5.21. The predicted octanol–water partition coefficient (Wildman–Crippen LogP) is 0.925. The Labute approximate surface area is 77.4 Å². The highest BCUT2D eigenvalue weighted by atomic mass is 16.5. The fourth-order valence-corrected chi connectivity index (χ4v) is 1.37. The molecule has 2 heterocycles. The summed E-state index contributed by atoms with van der Waals surface area (Å²) in [6.07, 6.45) is 4.61. The van der Waals surface area contributed by atoms with Crippen LogP contribution in [-0.2, 0) is 4.74 Å². The zero-order chi connectivity index (χ0) is 8.93. The van der Waals surface area contributed by atoms with Crippen molar-refractivity contribution in [2.75, 3.05) is 25.1 Å². The van der Waals surface area contributed by atoms with E-state index < -0.39 is 0 Å². The molecule has 1 aromatic rings. The minimum absolute atomic E-state index is 0.615. The summed E-state index contributed by atoms with van der Waals surface area (Å²) >= 11 is 0. The molecule has 4 nitrogen and oxygen atoms in total. The van der Waals surface area contributed by atoms with Crippen LogP contribution in [0, 0.1) is 5.92 Å². The standard InChI is InChI=1S/C9H13N3O/c1-3-10-9(11-4-1)12-6-8-2-5-13-7-8/h1,3-4,8H,2,5-7H2,(H,10,11,12). The molecule has 0 saturated carbocycles. The monoisotopic (exact) mass is 179 g/mol. The second-order valence-electron chi connectivity index (χ2n) is 3.18. The Morgan fingerprint density at radius 1 is 1.46 bits per heavy atom. The van der Waals surface area contributed by atoms with Gasteiger partial charge in [-0.05, 0) is 12.5 Å². The lowest BCUT2D eigenvalue weighted by molar-refractivity contribution is 0.187. The van der Waals surface area contributed by atoms with E-state index in [9.17, 15) is 0 Å². The molecule has 1 N–H and O–H groups in total. The molecule has 0 spiro atoms. The molecular formula is C9H13N3O. The summed E-state index contributed by atoms with van der Waals surface area (Å²) in [6.45, 7) is 2.66. The van der Waals surface area contributed by atoms with Crippen LogP contribution in [0.4, 0.5) is 5.95 Å². The van der Waals surface area contributed by atoms with Crippen LogP contribution in [0.1, 0.15) is 6.42 Å². The van der Waals surface area contributed by atoms with E-state index >= 15 is 0 Å². The molecule has 13 heavy (non-hydrogen) atoms. The molecule has 1 atom stereocenters. The number of nitrogens with one attached hydrogen (secondary N) is 1. The second kappa shape index (κ2) is 4.18. The van der Waals surface area contributed by atoms with Gasteiger partial charge < -0.3 is 10.1 Å². The summed E-state index contributed by atoms with van der Waals surface area (Å²) in [5.41, 5.74) is 0.